The minimum atomic E-state index is 0.980. The molecule has 0 aliphatic carbocycles. The second kappa shape index (κ2) is 20.6. The molecular weight excluding hydrogens is 448 g/mol. The van der Waals surface area contributed by atoms with Gasteiger partial charge in [0.1, 0.15) is 0 Å². The van der Waals surface area contributed by atoms with E-state index in [2.05, 4.69) is 87.5 Å². The van der Waals surface area contributed by atoms with Gasteiger partial charge in [-0.15, -0.1) is 0 Å². The van der Waals surface area contributed by atoms with Gasteiger partial charge in [0.2, 0.25) is 0 Å². The van der Waals surface area contributed by atoms with Crippen LogP contribution in [0.4, 0.5) is 11.4 Å². The number of allylic oxidation sites excluding steroid dienone is 1. The van der Waals surface area contributed by atoms with E-state index in [1.165, 1.54) is 76.2 Å². The summed E-state index contributed by atoms with van der Waals surface area (Å²) in [6.45, 7) is 6.80. The average Bonchev–Trinajstić information content (AvgIpc) is 2.92. The van der Waals surface area contributed by atoms with Crippen LogP contribution in [0.15, 0.2) is 70.7 Å². The fraction of sp³-hybridized carbons (Fsp3) is 0.543. The van der Waals surface area contributed by atoms with Crippen molar-refractivity contribution in [1.29, 1.82) is 0 Å². The first-order chi connectivity index (χ1) is 18.3. The predicted molar refractivity (Wildman–Crippen MR) is 167 cm³/mol. The van der Waals surface area contributed by atoms with Gasteiger partial charge in [-0.2, -0.15) is 0 Å². The van der Waals surface area contributed by atoms with Gasteiger partial charge in [0.05, 0.1) is 22.8 Å². The SMILES string of the molecule is CCCCCCCCCC=Cc1cccc(N=C(CCCC)C(CCCCCC)=Nc2ccccc2)c1. The summed E-state index contributed by atoms with van der Waals surface area (Å²) in [4.78, 5) is 10.3. The largest absolute Gasteiger partial charge is 0.252 e. The highest BCUT2D eigenvalue weighted by Crippen LogP contribution is 2.21. The third kappa shape index (κ3) is 14.1. The highest BCUT2D eigenvalue weighted by molar-refractivity contribution is 6.43. The molecule has 2 nitrogen and oxygen atoms in total. The molecule has 0 amide bonds. The molecule has 202 valence electrons. The Morgan fingerprint density at radius 3 is 1.84 bits per heavy atom. The number of nitrogens with zero attached hydrogens (tertiary/aromatic N) is 2. The van der Waals surface area contributed by atoms with Crippen molar-refractivity contribution < 1.29 is 0 Å². The van der Waals surface area contributed by atoms with Crippen LogP contribution in [0.3, 0.4) is 0 Å². The lowest BCUT2D eigenvalue weighted by Crippen LogP contribution is -2.14. The standard InChI is InChI=1S/C35H52N2/c1-4-7-10-12-13-14-15-16-18-23-31-24-22-27-33(30-31)37-34(28-9-6-3)35(29-21-11-8-5-2)36-32-25-19-17-20-26-32/h17-20,22-27,30H,4-16,21,28-29H2,1-3H3. The quantitative estimate of drug-likeness (QED) is 0.127. The summed E-state index contributed by atoms with van der Waals surface area (Å²) in [5.74, 6) is 0. The molecule has 37 heavy (non-hydrogen) atoms. The Morgan fingerprint density at radius 2 is 1.14 bits per heavy atom. The van der Waals surface area contributed by atoms with Crippen molar-refractivity contribution in [2.45, 2.75) is 124 Å². The van der Waals surface area contributed by atoms with Crippen molar-refractivity contribution in [1.82, 2.24) is 0 Å². The molecule has 0 fully saturated rings. The molecule has 0 saturated heterocycles. The summed E-state index contributed by atoms with van der Waals surface area (Å²) in [6.07, 6.45) is 24.5. The maximum absolute atomic E-state index is 5.20. The van der Waals surface area contributed by atoms with E-state index in [9.17, 15) is 0 Å². The van der Waals surface area contributed by atoms with Gasteiger partial charge < -0.3 is 0 Å². The van der Waals surface area contributed by atoms with Crippen molar-refractivity contribution >= 4 is 28.9 Å². The molecule has 2 heteroatoms. The number of hydrogen-bond donors (Lipinski definition) is 0. The molecule has 0 atom stereocenters. The highest BCUT2D eigenvalue weighted by Gasteiger charge is 2.11. The maximum atomic E-state index is 5.20. The first kappa shape index (κ1) is 30.7. The van der Waals surface area contributed by atoms with E-state index >= 15 is 0 Å². The second-order valence-electron chi connectivity index (χ2n) is 10.3. The number of para-hydroxylation sites is 1. The Morgan fingerprint density at radius 1 is 0.568 bits per heavy atom. The molecule has 0 unspecified atom stereocenters. The third-order valence-electron chi connectivity index (χ3n) is 6.81. The van der Waals surface area contributed by atoms with E-state index in [1.807, 2.05) is 0 Å². The van der Waals surface area contributed by atoms with Crippen LogP contribution in [-0.4, -0.2) is 11.4 Å². The van der Waals surface area contributed by atoms with Crippen LogP contribution in [-0.2, 0) is 0 Å². The van der Waals surface area contributed by atoms with Crippen LogP contribution < -0.4 is 0 Å². The van der Waals surface area contributed by atoms with Gasteiger partial charge in [0.25, 0.3) is 0 Å². The minimum absolute atomic E-state index is 0.980. The lowest BCUT2D eigenvalue weighted by Gasteiger charge is -2.11. The number of hydrogen-bond acceptors (Lipinski definition) is 2. The number of rotatable bonds is 20. The topological polar surface area (TPSA) is 24.7 Å². The summed E-state index contributed by atoms with van der Waals surface area (Å²) in [5, 5.41) is 0. The van der Waals surface area contributed by atoms with Gasteiger partial charge in [0.15, 0.2) is 0 Å². The van der Waals surface area contributed by atoms with Crippen LogP contribution in [0, 0.1) is 0 Å². The van der Waals surface area contributed by atoms with Crippen LogP contribution in [0.2, 0.25) is 0 Å². The van der Waals surface area contributed by atoms with Crippen LogP contribution in [0.5, 0.6) is 0 Å². The van der Waals surface area contributed by atoms with Crippen molar-refractivity contribution in [3.8, 4) is 0 Å². The van der Waals surface area contributed by atoms with Gasteiger partial charge in [-0.1, -0.05) is 127 Å². The van der Waals surface area contributed by atoms with Crippen molar-refractivity contribution in [3.05, 3.63) is 66.2 Å². The second-order valence-corrected chi connectivity index (χ2v) is 10.3. The number of aliphatic imine (C=N–C) groups is 2. The molecule has 2 rings (SSSR count). The molecule has 0 spiro atoms. The Hall–Kier alpha value is -2.48. The Labute approximate surface area is 228 Å². The van der Waals surface area contributed by atoms with Gasteiger partial charge in [-0.05, 0) is 68.4 Å². The lowest BCUT2D eigenvalue weighted by molar-refractivity contribution is 0.592. The molecule has 0 aliphatic rings. The molecule has 0 bridgehead atoms. The summed E-state index contributed by atoms with van der Waals surface area (Å²) in [7, 11) is 0. The first-order valence-corrected chi connectivity index (χ1v) is 15.2. The van der Waals surface area contributed by atoms with E-state index in [1.54, 1.807) is 0 Å². The summed E-state index contributed by atoms with van der Waals surface area (Å²) < 4.78 is 0. The van der Waals surface area contributed by atoms with Crippen molar-refractivity contribution in [2.75, 3.05) is 0 Å². The van der Waals surface area contributed by atoms with E-state index in [4.69, 9.17) is 9.98 Å². The Balaban J connectivity index is 2.11. The predicted octanol–water partition coefficient (Wildman–Crippen LogP) is 11.8. The Bertz CT molecular complexity index is 923. The maximum Gasteiger partial charge on any atom is 0.0639 e. The molecule has 0 heterocycles. The van der Waals surface area contributed by atoms with Crippen molar-refractivity contribution in [3.63, 3.8) is 0 Å². The van der Waals surface area contributed by atoms with Crippen LogP contribution in [0.1, 0.15) is 129 Å². The molecule has 0 aliphatic heterocycles. The van der Waals surface area contributed by atoms with Gasteiger partial charge in [0, 0.05) is 0 Å². The van der Waals surface area contributed by atoms with E-state index < -0.39 is 0 Å². The van der Waals surface area contributed by atoms with Crippen molar-refractivity contribution in [2.24, 2.45) is 9.98 Å². The number of unbranched alkanes of at least 4 members (excludes halogenated alkanes) is 11. The molecule has 2 aromatic rings. The third-order valence-corrected chi connectivity index (χ3v) is 6.81. The fourth-order valence-electron chi connectivity index (χ4n) is 4.54. The molecular formula is C35H52N2. The van der Waals surface area contributed by atoms with Crippen LogP contribution >= 0.6 is 0 Å². The van der Waals surface area contributed by atoms with Gasteiger partial charge >= 0.3 is 0 Å². The number of benzene rings is 2. The molecule has 0 radical (unpaired) electrons. The summed E-state index contributed by atoms with van der Waals surface area (Å²) in [6, 6.07) is 19.1. The molecule has 0 saturated carbocycles. The minimum Gasteiger partial charge on any atom is -0.252 e. The normalized spacial score (nSPS) is 12.5. The van der Waals surface area contributed by atoms with Crippen LogP contribution in [0.25, 0.3) is 6.08 Å². The van der Waals surface area contributed by atoms with E-state index in [0.29, 0.717) is 0 Å². The lowest BCUT2D eigenvalue weighted by atomic mass is 10.0. The van der Waals surface area contributed by atoms with E-state index in [0.717, 1.165) is 54.9 Å². The van der Waals surface area contributed by atoms with Gasteiger partial charge in [-0.3, -0.25) is 9.98 Å². The average molecular weight is 501 g/mol. The highest BCUT2D eigenvalue weighted by atomic mass is 14.8. The molecule has 0 aromatic heterocycles. The molecule has 2 aromatic carbocycles. The monoisotopic (exact) mass is 500 g/mol. The first-order valence-electron chi connectivity index (χ1n) is 15.2. The zero-order valence-electron chi connectivity index (χ0n) is 24.1. The summed E-state index contributed by atoms with van der Waals surface area (Å²) in [5.41, 5.74) is 5.63. The van der Waals surface area contributed by atoms with Gasteiger partial charge in [-0.25, -0.2) is 0 Å². The smallest absolute Gasteiger partial charge is 0.0639 e. The summed E-state index contributed by atoms with van der Waals surface area (Å²) >= 11 is 0. The Kier molecular flexibility index (Phi) is 17.1. The van der Waals surface area contributed by atoms with E-state index in [-0.39, 0.29) is 0 Å². The zero-order chi connectivity index (χ0) is 26.4. The fourth-order valence-corrected chi connectivity index (χ4v) is 4.54. The molecule has 0 N–H and O–H groups in total. The zero-order valence-corrected chi connectivity index (χ0v) is 24.1.